The van der Waals surface area contributed by atoms with Gasteiger partial charge in [-0.25, -0.2) is 8.42 Å². The third-order valence-electron chi connectivity index (χ3n) is 2.69. The van der Waals surface area contributed by atoms with Crippen molar-refractivity contribution in [1.29, 1.82) is 0 Å². The van der Waals surface area contributed by atoms with Crippen LogP contribution in [0.1, 0.15) is 15.9 Å². The molecule has 0 fully saturated rings. The number of carbonyl (C=O) groups excluding carboxylic acids is 1. The molecule has 0 aliphatic carbocycles. The summed E-state index contributed by atoms with van der Waals surface area (Å²) in [6, 6.07) is 4.33. The van der Waals surface area contributed by atoms with Gasteiger partial charge in [-0.1, -0.05) is 11.6 Å². The molecular formula is C12H10Cl2N2O3S. The van der Waals surface area contributed by atoms with Crippen LogP contribution in [0, 0.1) is 0 Å². The maximum atomic E-state index is 11.8. The Bertz CT molecular complexity index is 755. The van der Waals surface area contributed by atoms with Gasteiger partial charge in [0.15, 0.2) is 9.84 Å². The second-order valence-electron chi connectivity index (χ2n) is 4.15. The van der Waals surface area contributed by atoms with Gasteiger partial charge in [-0.2, -0.15) is 5.10 Å². The number of nitrogens with zero attached hydrogens (tertiary/aromatic N) is 2. The maximum Gasteiger partial charge on any atom is 0.253 e. The van der Waals surface area contributed by atoms with Gasteiger partial charge in [0, 0.05) is 24.2 Å². The topological polar surface area (TPSA) is 69.0 Å². The zero-order chi connectivity index (χ0) is 14.9. The van der Waals surface area contributed by atoms with Gasteiger partial charge >= 0.3 is 0 Å². The Labute approximate surface area is 126 Å². The summed E-state index contributed by atoms with van der Waals surface area (Å²) in [7, 11) is -3.48. The van der Waals surface area contributed by atoms with Crippen molar-refractivity contribution in [2.75, 3.05) is 6.26 Å². The number of hydrogen-bond donors (Lipinski definition) is 0. The van der Waals surface area contributed by atoms with Gasteiger partial charge < -0.3 is 0 Å². The van der Waals surface area contributed by atoms with Crippen LogP contribution in [0.3, 0.4) is 0 Å². The molecule has 8 heteroatoms. The van der Waals surface area contributed by atoms with Crippen molar-refractivity contribution < 1.29 is 13.2 Å². The van der Waals surface area contributed by atoms with E-state index in [0.717, 1.165) is 6.26 Å². The van der Waals surface area contributed by atoms with Crippen molar-refractivity contribution in [2.24, 2.45) is 0 Å². The molecule has 0 saturated carbocycles. The summed E-state index contributed by atoms with van der Waals surface area (Å²) in [5.74, 6) is 0. The van der Waals surface area contributed by atoms with E-state index in [1.54, 1.807) is 18.5 Å². The lowest BCUT2D eigenvalue weighted by Gasteiger charge is -2.12. The highest BCUT2D eigenvalue weighted by molar-refractivity contribution is 7.90. The van der Waals surface area contributed by atoms with Crippen molar-refractivity contribution in [3.8, 4) is 0 Å². The van der Waals surface area contributed by atoms with E-state index in [0.29, 0.717) is 5.56 Å². The van der Waals surface area contributed by atoms with Crippen LogP contribution in [0.5, 0.6) is 0 Å². The highest BCUT2D eigenvalue weighted by Gasteiger charge is 2.21. The summed E-state index contributed by atoms with van der Waals surface area (Å²) in [5, 5.41) is 3.29. The molecule has 20 heavy (non-hydrogen) atoms. The third-order valence-corrected chi connectivity index (χ3v) is 4.51. The molecule has 106 valence electrons. The van der Waals surface area contributed by atoms with Crippen LogP contribution < -0.4 is 0 Å². The van der Waals surface area contributed by atoms with Crippen LogP contribution in [0.15, 0.2) is 35.5 Å². The first-order chi connectivity index (χ1) is 9.30. The molecule has 0 atom stereocenters. The molecule has 0 N–H and O–H groups in total. The molecule has 0 radical (unpaired) electrons. The Morgan fingerprint density at radius 1 is 1.40 bits per heavy atom. The first kappa shape index (κ1) is 15.0. The van der Waals surface area contributed by atoms with E-state index in [1.165, 1.54) is 16.8 Å². The van der Waals surface area contributed by atoms with E-state index in [9.17, 15) is 13.2 Å². The van der Waals surface area contributed by atoms with Crippen molar-refractivity contribution >= 4 is 38.3 Å². The first-order valence-electron chi connectivity index (χ1n) is 5.49. The number of halogens is 2. The van der Waals surface area contributed by atoms with Gasteiger partial charge in [-0.15, -0.1) is 0 Å². The molecule has 1 aromatic heterocycles. The van der Waals surface area contributed by atoms with Crippen molar-refractivity contribution in [2.45, 2.75) is 11.4 Å². The SMILES string of the molecule is CS(=O)(=O)c1ccc(C(=O)Cl)c(Cl)c1Cn1cccn1. The quantitative estimate of drug-likeness (QED) is 0.806. The number of rotatable bonds is 4. The van der Waals surface area contributed by atoms with Crippen molar-refractivity contribution in [3.05, 3.63) is 46.7 Å². The van der Waals surface area contributed by atoms with Crippen LogP contribution in [0.25, 0.3) is 0 Å². The second kappa shape index (κ2) is 5.55. The van der Waals surface area contributed by atoms with Crippen LogP contribution in [0.4, 0.5) is 0 Å². The molecule has 0 bridgehead atoms. The minimum Gasteiger partial charge on any atom is -0.276 e. The van der Waals surface area contributed by atoms with E-state index in [2.05, 4.69) is 5.10 Å². The molecule has 2 aromatic rings. The number of aromatic nitrogens is 2. The molecule has 0 amide bonds. The van der Waals surface area contributed by atoms with Crippen molar-refractivity contribution in [1.82, 2.24) is 9.78 Å². The predicted molar refractivity (Wildman–Crippen MR) is 76.1 cm³/mol. The average molecular weight is 333 g/mol. The maximum absolute atomic E-state index is 11.8. The average Bonchev–Trinajstić information content (AvgIpc) is 2.82. The summed E-state index contributed by atoms with van der Waals surface area (Å²) in [5.41, 5.74) is 0.368. The Kier molecular flexibility index (Phi) is 4.17. The minimum atomic E-state index is -3.48. The molecule has 0 saturated heterocycles. The van der Waals surface area contributed by atoms with Crippen LogP contribution in [-0.2, 0) is 16.4 Å². The monoisotopic (exact) mass is 332 g/mol. The lowest BCUT2D eigenvalue weighted by atomic mass is 10.1. The molecule has 0 aliphatic rings. The Balaban J connectivity index is 2.65. The van der Waals surface area contributed by atoms with Gasteiger partial charge in [0.05, 0.1) is 22.0 Å². The molecule has 1 heterocycles. The fraction of sp³-hybridized carbons (Fsp3) is 0.167. The Hall–Kier alpha value is -1.37. The Morgan fingerprint density at radius 2 is 2.10 bits per heavy atom. The number of hydrogen-bond acceptors (Lipinski definition) is 4. The van der Waals surface area contributed by atoms with Gasteiger partial charge in [-0.05, 0) is 29.8 Å². The molecule has 0 spiro atoms. The van der Waals surface area contributed by atoms with Gasteiger partial charge in [0.25, 0.3) is 5.24 Å². The summed E-state index contributed by atoms with van der Waals surface area (Å²) < 4.78 is 25.1. The number of carbonyl (C=O) groups is 1. The van der Waals surface area contributed by atoms with E-state index in [-0.39, 0.29) is 22.0 Å². The molecule has 0 unspecified atom stereocenters. The lowest BCUT2D eigenvalue weighted by molar-refractivity contribution is 0.108. The third kappa shape index (κ3) is 3.03. The standard InChI is InChI=1S/C12H10Cl2N2O3S/c1-20(18,19)10-4-3-8(12(14)17)11(13)9(10)7-16-6-2-5-15-16/h2-6H,7H2,1H3. The van der Waals surface area contributed by atoms with Gasteiger partial charge in [0.1, 0.15) is 0 Å². The number of benzene rings is 1. The van der Waals surface area contributed by atoms with E-state index < -0.39 is 15.1 Å². The zero-order valence-corrected chi connectivity index (χ0v) is 12.7. The molecule has 2 rings (SSSR count). The summed E-state index contributed by atoms with van der Waals surface area (Å²) in [4.78, 5) is 11.3. The first-order valence-corrected chi connectivity index (χ1v) is 8.14. The van der Waals surface area contributed by atoms with Crippen LogP contribution >= 0.6 is 23.2 Å². The predicted octanol–water partition coefficient (Wildman–Crippen LogP) is 2.37. The largest absolute Gasteiger partial charge is 0.276 e. The van der Waals surface area contributed by atoms with Gasteiger partial charge in [-0.3, -0.25) is 9.48 Å². The van der Waals surface area contributed by atoms with E-state index in [1.807, 2.05) is 0 Å². The van der Waals surface area contributed by atoms with Crippen molar-refractivity contribution in [3.63, 3.8) is 0 Å². The number of sulfone groups is 1. The lowest BCUT2D eigenvalue weighted by Crippen LogP contribution is -2.10. The molecule has 5 nitrogen and oxygen atoms in total. The van der Waals surface area contributed by atoms with Crippen LogP contribution in [-0.4, -0.2) is 29.7 Å². The highest BCUT2D eigenvalue weighted by atomic mass is 35.5. The molecule has 0 aliphatic heterocycles. The van der Waals surface area contributed by atoms with E-state index in [4.69, 9.17) is 23.2 Å². The smallest absolute Gasteiger partial charge is 0.253 e. The fourth-order valence-electron chi connectivity index (χ4n) is 1.81. The normalized spacial score (nSPS) is 11.6. The highest BCUT2D eigenvalue weighted by Crippen LogP contribution is 2.29. The van der Waals surface area contributed by atoms with E-state index >= 15 is 0 Å². The van der Waals surface area contributed by atoms with Crippen LogP contribution in [0.2, 0.25) is 5.02 Å². The fourth-order valence-corrected chi connectivity index (χ4v) is 3.31. The zero-order valence-electron chi connectivity index (χ0n) is 10.4. The summed E-state index contributed by atoms with van der Waals surface area (Å²) in [6.07, 6.45) is 4.30. The van der Waals surface area contributed by atoms with Gasteiger partial charge in [0.2, 0.25) is 0 Å². The Morgan fingerprint density at radius 3 is 2.60 bits per heavy atom. The summed E-state index contributed by atoms with van der Waals surface area (Å²) >= 11 is 11.6. The second-order valence-corrected chi connectivity index (χ2v) is 6.86. The molecular weight excluding hydrogens is 323 g/mol. The molecule has 1 aromatic carbocycles. The summed E-state index contributed by atoms with van der Waals surface area (Å²) in [6.45, 7) is 0.131. The minimum absolute atomic E-state index is 0.0309.